The number of benzene rings is 2. The highest BCUT2D eigenvalue weighted by Crippen LogP contribution is 2.41. The summed E-state index contributed by atoms with van der Waals surface area (Å²) in [6, 6.07) is 7.80. The first kappa shape index (κ1) is 30.8. The largest absolute Gasteiger partial charge is 0.483 e. The Morgan fingerprint density at radius 1 is 1.16 bits per heavy atom. The zero-order valence-electron chi connectivity index (χ0n) is 24.4. The number of piperazine rings is 1. The smallest absolute Gasteiger partial charge is 0.416 e. The molecule has 1 atom stereocenters. The maximum atomic E-state index is 14.2. The lowest BCUT2D eigenvalue weighted by Crippen LogP contribution is -2.47. The average molecular weight is 619 g/mol. The molecule has 0 aliphatic carbocycles. The second-order valence-corrected chi connectivity index (χ2v) is 11.7. The first-order valence-corrected chi connectivity index (χ1v) is 14.4. The summed E-state index contributed by atoms with van der Waals surface area (Å²) in [4.78, 5) is 25.8. The van der Waals surface area contributed by atoms with E-state index in [0.717, 1.165) is 25.7 Å². The Balaban J connectivity index is 1.34. The highest BCUT2D eigenvalue weighted by molar-refractivity contribution is 6.32. The summed E-state index contributed by atoms with van der Waals surface area (Å²) < 4.78 is 54.3. The first-order valence-electron chi connectivity index (χ1n) is 14.1. The van der Waals surface area contributed by atoms with Gasteiger partial charge >= 0.3 is 6.18 Å². The van der Waals surface area contributed by atoms with Gasteiger partial charge in [-0.1, -0.05) is 24.6 Å². The van der Waals surface area contributed by atoms with Gasteiger partial charge in [0.2, 0.25) is 5.75 Å². The number of hydrogen-bond donors (Lipinski definition) is 2. The number of likely N-dealkylation sites (N-methyl/N-ethyl adjacent to an activating group) is 1. The van der Waals surface area contributed by atoms with Crippen molar-refractivity contribution in [2.24, 2.45) is 0 Å². The molecule has 3 heterocycles. The van der Waals surface area contributed by atoms with Crippen LogP contribution >= 0.6 is 11.6 Å². The van der Waals surface area contributed by atoms with Crippen molar-refractivity contribution in [2.45, 2.75) is 45.5 Å². The van der Waals surface area contributed by atoms with E-state index in [1.165, 1.54) is 36.7 Å². The maximum absolute atomic E-state index is 14.2. The molecule has 0 radical (unpaired) electrons. The third kappa shape index (κ3) is 6.97. The van der Waals surface area contributed by atoms with Crippen LogP contribution in [0.5, 0.6) is 17.4 Å². The van der Waals surface area contributed by atoms with Crippen molar-refractivity contribution in [2.75, 3.05) is 50.0 Å². The number of amides is 1. The topological polar surface area (TPSA) is 91.9 Å². The molecule has 2 aliphatic heterocycles. The number of fused-ring (bicyclic) bond motifs is 1. The second kappa shape index (κ2) is 12.2. The molecule has 5 rings (SSSR count). The molecule has 2 aromatic carbocycles. The normalized spacial score (nSPS) is 17.8. The molecule has 13 heteroatoms. The molecule has 1 saturated heterocycles. The number of ether oxygens (including phenoxy) is 2. The number of rotatable bonds is 7. The van der Waals surface area contributed by atoms with Gasteiger partial charge in [0.25, 0.3) is 11.8 Å². The van der Waals surface area contributed by atoms with Gasteiger partial charge in [-0.3, -0.25) is 9.69 Å². The minimum Gasteiger partial charge on any atom is -0.483 e. The molecular weight excluding hydrogens is 585 g/mol. The van der Waals surface area contributed by atoms with Gasteiger partial charge in [-0.2, -0.15) is 18.2 Å². The molecule has 230 valence electrons. The molecule has 0 saturated carbocycles. The summed E-state index contributed by atoms with van der Waals surface area (Å²) in [5, 5.41) is 6.03. The van der Waals surface area contributed by atoms with Gasteiger partial charge in [0.1, 0.15) is 18.7 Å². The average Bonchev–Trinajstić information content (AvgIpc) is 2.97. The molecule has 1 aromatic heterocycles. The van der Waals surface area contributed by atoms with Crippen LogP contribution in [0.15, 0.2) is 42.7 Å². The molecule has 3 aromatic rings. The predicted octanol–water partition coefficient (Wildman–Crippen LogP) is 6.47. The van der Waals surface area contributed by atoms with Crippen LogP contribution in [0.1, 0.15) is 55.2 Å². The fourth-order valence-corrected chi connectivity index (χ4v) is 5.35. The van der Waals surface area contributed by atoms with E-state index in [1.807, 2.05) is 13.8 Å². The lowest BCUT2D eigenvalue weighted by molar-refractivity contribution is -0.138. The van der Waals surface area contributed by atoms with E-state index in [-0.39, 0.29) is 39.0 Å². The quantitative estimate of drug-likeness (QED) is 0.311. The fraction of sp³-hybridized carbons (Fsp3) is 0.433. The fourth-order valence-electron chi connectivity index (χ4n) is 5.20. The van der Waals surface area contributed by atoms with Gasteiger partial charge in [-0.25, -0.2) is 4.98 Å². The molecule has 2 N–H and O–H groups in total. The molecule has 1 fully saturated rings. The standard InChI is InChI=1S/C30H34ClF3N6O3/c1-5-39-10-12-40(13-11-39)18(2)21-8-7-20(15-22(21)30(32,33)34)37-27(41)19-6-9-23(31)24(14-19)43-28-25-26(35-17-36-28)38-29(3,4)16-42-25/h6-9,14-15,17-18H,5,10-13,16H2,1-4H3,(H,37,41)(H,35,36,38). The van der Waals surface area contributed by atoms with Crippen molar-refractivity contribution in [1.82, 2.24) is 19.8 Å². The number of aromatic nitrogens is 2. The van der Waals surface area contributed by atoms with E-state index in [2.05, 4.69) is 37.3 Å². The van der Waals surface area contributed by atoms with E-state index in [9.17, 15) is 18.0 Å². The van der Waals surface area contributed by atoms with E-state index in [4.69, 9.17) is 21.1 Å². The zero-order valence-corrected chi connectivity index (χ0v) is 25.1. The van der Waals surface area contributed by atoms with Crippen LogP contribution in [0, 0.1) is 0 Å². The van der Waals surface area contributed by atoms with Crippen molar-refractivity contribution in [3.63, 3.8) is 0 Å². The SMILES string of the molecule is CCN1CCN(C(C)c2ccc(NC(=O)c3ccc(Cl)c(Oc4ncnc5c4OCC(C)(C)N5)c3)cc2C(F)(F)F)CC1. The first-order chi connectivity index (χ1) is 20.3. The Kier molecular flexibility index (Phi) is 8.73. The van der Waals surface area contributed by atoms with Crippen LogP contribution in [0.25, 0.3) is 0 Å². The summed E-state index contributed by atoms with van der Waals surface area (Å²) in [6.07, 6.45) is -3.29. The molecule has 1 amide bonds. The minimum absolute atomic E-state index is 0.0217. The van der Waals surface area contributed by atoms with Crippen molar-refractivity contribution in [1.29, 1.82) is 0 Å². The molecular formula is C30H34ClF3N6O3. The monoisotopic (exact) mass is 618 g/mol. The molecule has 0 bridgehead atoms. The molecule has 9 nitrogen and oxygen atoms in total. The lowest BCUT2D eigenvalue weighted by atomic mass is 9.98. The lowest BCUT2D eigenvalue weighted by Gasteiger charge is -2.38. The molecule has 1 unspecified atom stereocenters. The summed E-state index contributed by atoms with van der Waals surface area (Å²) in [5.74, 6) is 0.340. The van der Waals surface area contributed by atoms with Crippen LogP contribution in [-0.2, 0) is 6.18 Å². The van der Waals surface area contributed by atoms with Crippen LogP contribution in [0.3, 0.4) is 0 Å². The molecule has 2 aliphatic rings. The third-order valence-electron chi connectivity index (χ3n) is 7.67. The number of carbonyl (C=O) groups excluding carboxylic acids is 1. The number of halogens is 4. The third-order valence-corrected chi connectivity index (χ3v) is 7.99. The van der Waals surface area contributed by atoms with Crippen molar-refractivity contribution < 1.29 is 27.4 Å². The number of nitrogens with zero attached hydrogens (tertiary/aromatic N) is 4. The Hall–Kier alpha value is -3.61. The Bertz CT molecular complexity index is 1490. The Morgan fingerprint density at radius 3 is 2.60 bits per heavy atom. The maximum Gasteiger partial charge on any atom is 0.416 e. The van der Waals surface area contributed by atoms with Gasteiger partial charge in [0, 0.05) is 43.5 Å². The molecule has 43 heavy (non-hydrogen) atoms. The zero-order chi connectivity index (χ0) is 30.9. The summed E-state index contributed by atoms with van der Waals surface area (Å²) in [5.41, 5.74) is -0.802. The van der Waals surface area contributed by atoms with Crippen molar-refractivity contribution in [3.8, 4) is 17.4 Å². The highest BCUT2D eigenvalue weighted by atomic mass is 35.5. The van der Waals surface area contributed by atoms with Crippen LogP contribution in [0.4, 0.5) is 24.7 Å². The molecule has 0 spiro atoms. The highest BCUT2D eigenvalue weighted by Gasteiger charge is 2.36. The Morgan fingerprint density at radius 2 is 1.91 bits per heavy atom. The minimum atomic E-state index is -4.60. The second-order valence-electron chi connectivity index (χ2n) is 11.3. The Labute approximate surface area is 253 Å². The van der Waals surface area contributed by atoms with Crippen LogP contribution in [0.2, 0.25) is 5.02 Å². The van der Waals surface area contributed by atoms with Gasteiger partial charge in [-0.05, 0) is 63.2 Å². The van der Waals surface area contributed by atoms with E-state index in [1.54, 1.807) is 6.92 Å². The number of hydrogen-bond acceptors (Lipinski definition) is 8. The van der Waals surface area contributed by atoms with Crippen molar-refractivity contribution in [3.05, 3.63) is 64.4 Å². The summed E-state index contributed by atoms with van der Waals surface area (Å²) >= 11 is 6.35. The van der Waals surface area contributed by atoms with Crippen LogP contribution < -0.4 is 20.1 Å². The number of carbonyl (C=O) groups is 1. The number of anilines is 2. The predicted molar refractivity (Wildman–Crippen MR) is 158 cm³/mol. The van der Waals surface area contributed by atoms with E-state index < -0.39 is 23.7 Å². The number of nitrogens with one attached hydrogen (secondary N) is 2. The van der Waals surface area contributed by atoms with E-state index >= 15 is 0 Å². The summed E-state index contributed by atoms with van der Waals surface area (Å²) in [6.45, 7) is 12.0. The van der Waals surface area contributed by atoms with Crippen molar-refractivity contribution >= 4 is 29.0 Å². The summed E-state index contributed by atoms with van der Waals surface area (Å²) in [7, 11) is 0. The van der Waals surface area contributed by atoms with Gasteiger partial charge < -0.3 is 25.0 Å². The van der Waals surface area contributed by atoms with Gasteiger partial charge in [0.15, 0.2) is 5.82 Å². The van der Waals surface area contributed by atoms with Gasteiger partial charge in [0.05, 0.1) is 16.1 Å². The number of alkyl halides is 3. The van der Waals surface area contributed by atoms with Gasteiger partial charge in [-0.15, -0.1) is 0 Å². The van der Waals surface area contributed by atoms with E-state index in [0.29, 0.717) is 31.3 Å². The van der Waals surface area contributed by atoms with Crippen LogP contribution in [-0.4, -0.2) is 70.5 Å².